The topological polar surface area (TPSA) is 55.7 Å². The summed E-state index contributed by atoms with van der Waals surface area (Å²) in [5, 5.41) is 0. The van der Waals surface area contributed by atoms with E-state index in [1.54, 1.807) is 24.3 Å². The summed E-state index contributed by atoms with van der Waals surface area (Å²) in [4.78, 5) is 4.39. The number of nitrogens with zero attached hydrogens (tertiary/aromatic N) is 1. The summed E-state index contributed by atoms with van der Waals surface area (Å²) in [6, 6.07) is 9.65. The van der Waals surface area contributed by atoms with E-state index in [1.165, 1.54) is 6.07 Å². The van der Waals surface area contributed by atoms with Crippen LogP contribution in [0.5, 0.6) is 0 Å². The summed E-state index contributed by atoms with van der Waals surface area (Å²) in [6.07, 6.45) is 0.360. The molecule has 1 atom stereocenters. The average Bonchev–Trinajstić information content (AvgIpc) is 2.61. The van der Waals surface area contributed by atoms with Crippen LogP contribution < -0.4 is 0 Å². The van der Waals surface area contributed by atoms with Gasteiger partial charge in [0.1, 0.15) is 17.2 Å². The van der Waals surface area contributed by atoms with Gasteiger partial charge in [0.15, 0.2) is 9.84 Å². The van der Waals surface area contributed by atoms with E-state index in [0.717, 1.165) is 17.7 Å². The third-order valence-corrected chi connectivity index (χ3v) is 6.47. The van der Waals surface area contributed by atoms with E-state index in [9.17, 15) is 17.2 Å². The molecule has 1 heterocycles. The van der Waals surface area contributed by atoms with Gasteiger partial charge < -0.3 is 4.74 Å². The first-order chi connectivity index (χ1) is 13.1. The lowest BCUT2D eigenvalue weighted by molar-refractivity contribution is 0.264. The fraction of sp³-hybridized carbons (Fsp3) is 0.381. The minimum atomic E-state index is -3.60. The number of ether oxygens (including phenoxy) is 1. The van der Waals surface area contributed by atoms with Crippen LogP contribution in [-0.4, -0.2) is 32.7 Å². The second-order valence-corrected chi connectivity index (χ2v) is 9.91. The molecule has 0 aliphatic carbocycles. The van der Waals surface area contributed by atoms with E-state index in [2.05, 4.69) is 25.8 Å². The van der Waals surface area contributed by atoms with E-state index in [4.69, 9.17) is 4.74 Å². The SMILES string of the molecule is CC(C)(C)c1ccc(S(=O)(=O)CC2CCOC(c3c(F)cccc3F)=N2)cc1. The summed E-state index contributed by atoms with van der Waals surface area (Å²) >= 11 is 0. The van der Waals surface area contributed by atoms with Crippen molar-refractivity contribution in [2.24, 2.45) is 4.99 Å². The van der Waals surface area contributed by atoms with Gasteiger partial charge in [-0.15, -0.1) is 0 Å². The highest BCUT2D eigenvalue weighted by Gasteiger charge is 2.27. The molecule has 3 rings (SSSR count). The molecular formula is C21H23F2NO3S. The summed E-state index contributed by atoms with van der Waals surface area (Å²) in [5.74, 6) is -2.02. The first kappa shape index (κ1) is 20.5. The fourth-order valence-electron chi connectivity index (χ4n) is 3.03. The summed E-state index contributed by atoms with van der Waals surface area (Å²) in [6.45, 7) is 6.31. The van der Waals surface area contributed by atoms with Gasteiger partial charge >= 0.3 is 0 Å². The molecule has 4 nitrogen and oxygen atoms in total. The molecule has 2 aromatic rings. The zero-order valence-corrected chi connectivity index (χ0v) is 16.9. The molecule has 0 radical (unpaired) electrons. The molecule has 0 fully saturated rings. The number of hydrogen-bond donors (Lipinski definition) is 0. The second kappa shape index (κ2) is 7.62. The van der Waals surface area contributed by atoms with E-state index in [0.29, 0.717) is 6.42 Å². The van der Waals surface area contributed by atoms with Gasteiger partial charge in [-0.3, -0.25) is 0 Å². The minimum Gasteiger partial charge on any atom is -0.477 e. The smallest absolute Gasteiger partial charge is 0.222 e. The Hall–Kier alpha value is -2.28. The monoisotopic (exact) mass is 407 g/mol. The standard InChI is InChI=1S/C21H23F2NO3S/c1-21(2,3)14-7-9-16(10-8-14)28(25,26)13-15-11-12-27-20(24-15)19-17(22)5-4-6-18(19)23/h4-10,15H,11-13H2,1-3H3. The van der Waals surface area contributed by atoms with Gasteiger partial charge in [-0.1, -0.05) is 39.0 Å². The Morgan fingerprint density at radius 1 is 1.07 bits per heavy atom. The number of halogens is 2. The van der Waals surface area contributed by atoms with Crippen LogP contribution in [0.3, 0.4) is 0 Å². The van der Waals surface area contributed by atoms with Crippen LogP contribution in [0, 0.1) is 11.6 Å². The maximum absolute atomic E-state index is 14.0. The highest BCUT2D eigenvalue weighted by molar-refractivity contribution is 7.91. The molecule has 150 valence electrons. The highest BCUT2D eigenvalue weighted by atomic mass is 32.2. The zero-order valence-electron chi connectivity index (χ0n) is 16.1. The molecule has 1 aliphatic heterocycles. The van der Waals surface area contributed by atoms with Crippen molar-refractivity contribution in [3.8, 4) is 0 Å². The van der Waals surface area contributed by atoms with Gasteiger partial charge in [0.05, 0.1) is 23.3 Å². The van der Waals surface area contributed by atoms with Crippen LogP contribution >= 0.6 is 0 Å². The summed E-state index contributed by atoms with van der Waals surface area (Å²) in [5.41, 5.74) is 0.596. The van der Waals surface area contributed by atoms with Crippen LogP contribution in [-0.2, 0) is 20.0 Å². The first-order valence-corrected chi connectivity index (χ1v) is 10.7. The molecule has 0 saturated heterocycles. The van der Waals surface area contributed by atoms with Crippen molar-refractivity contribution < 1.29 is 21.9 Å². The predicted octanol–water partition coefficient (Wildman–Crippen LogP) is 4.27. The Morgan fingerprint density at radius 2 is 1.68 bits per heavy atom. The molecule has 0 aromatic heterocycles. The van der Waals surface area contributed by atoms with Crippen molar-refractivity contribution in [2.45, 2.75) is 43.5 Å². The molecule has 0 amide bonds. The highest BCUT2D eigenvalue weighted by Crippen LogP contribution is 2.25. The van der Waals surface area contributed by atoms with Gasteiger partial charge in [-0.05, 0) is 35.2 Å². The van der Waals surface area contributed by atoms with Crippen molar-refractivity contribution in [1.82, 2.24) is 0 Å². The molecular weight excluding hydrogens is 384 g/mol. The maximum Gasteiger partial charge on any atom is 0.222 e. The van der Waals surface area contributed by atoms with Crippen molar-refractivity contribution >= 4 is 15.7 Å². The Bertz CT molecular complexity index is 973. The number of rotatable bonds is 4. The normalized spacial score (nSPS) is 17.8. The lowest BCUT2D eigenvalue weighted by Gasteiger charge is -2.22. The summed E-state index contributed by atoms with van der Waals surface area (Å²) < 4.78 is 58.8. The van der Waals surface area contributed by atoms with Crippen molar-refractivity contribution in [1.29, 1.82) is 0 Å². The molecule has 2 aromatic carbocycles. The van der Waals surface area contributed by atoms with Crippen LogP contribution in [0.1, 0.15) is 38.3 Å². The van der Waals surface area contributed by atoms with Crippen molar-refractivity contribution in [3.63, 3.8) is 0 Å². The third-order valence-electron chi connectivity index (χ3n) is 4.66. The first-order valence-electron chi connectivity index (χ1n) is 9.06. The number of hydrogen-bond acceptors (Lipinski definition) is 4. The third kappa shape index (κ3) is 4.41. The largest absolute Gasteiger partial charge is 0.477 e. The second-order valence-electron chi connectivity index (χ2n) is 7.88. The molecule has 0 N–H and O–H groups in total. The van der Waals surface area contributed by atoms with Gasteiger partial charge in [-0.2, -0.15) is 0 Å². The van der Waals surface area contributed by atoms with Crippen molar-refractivity contribution in [2.75, 3.05) is 12.4 Å². The lowest BCUT2D eigenvalue weighted by Crippen LogP contribution is -2.29. The van der Waals surface area contributed by atoms with Gasteiger partial charge in [0.2, 0.25) is 5.90 Å². The van der Waals surface area contributed by atoms with Gasteiger partial charge in [-0.25, -0.2) is 22.2 Å². The number of aliphatic imine (C=N–C) groups is 1. The number of benzene rings is 2. The Labute approximate surface area is 164 Å². The van der Waals surface area contributed by atoms with E-state index < -0.39 is 27.5 Å². The van der Waals surface area contributed by atoms with E-state index >= 15 is 0 Å². The molecule has 0 spiro atoms. The summed E-state index contributed by atoms with van der Waals surface area (Å²) in [7, 11) is -3.60. The van der Waals surface area contributed by atoms with Gasteiger partial charge in [0, 0.05) is 6.42 Å². The van der Waals surface area contributed by atoms with Crippen molar-refractivity contribution in [3.05, 3.63) is 65.2 Å². The Balaban J connectivity index is 1.84. The van der Waals surface area contributed by atoms with Crippen LogP contribution in [0.15, 0.2) is 52.4 Å². The van der Waals surface area contributed by atoms with Crippen LogP contribution in [0.25, 0.3) is 0 Å². The molecule has 1 aliphatic rings. The molecule has 0 bridgehead atoms. The molecule has 7 heteroatoms. The lowest BCUT2D eigenvalue weighted by atomic mass is 9.87. The predicted molar refractivity (Wildman–Crippen MR) is 104 cm³/mol. The minimum absolute atomic E-state index is 0.0774. The van der Waals surface area contributed by atoms with Crippen LogP contribution in [0.4, 0.5) is 8.78 Å². The van der Waals surface area contributed by atoms with Gasteiger partial charge in [0.25, 0.3) is 0 Å². The Kier molecular flexibility index (Phi) is 5.57. The molecule has 0 saturated carbocycles. The molecule has 28 heavy (non-hydrogen) atoms. The fourth-order valence-corrected chi connectivity index (χ4v) is 4.52. The zero-order chi connectivity index (χ0) is 20.5. The van der Waals surface area contributed by atoms with E-state index in [-0.39, 0.29) is 34.1 Å². The number of sulfone groups is 1. The van der Waals surface area contributed by atoms with E-state index in [1.807, 2.05) is 0 Å². The molecule has 1 unspecified atom stereocenters. The van der Waals surface area contributed by atoms with Crippen LogP contribution in [0.2, 0.25) is 0 Å². The Morgan fingerprint density at radius 3 is 2.25 bits per heavy atom. The average molecular weight is 407 g/mol. The maximum atomic E-state index is 14.0. The quantitative estimate of drug-likeness (QED) is 0.761.